The molecule has 1 atom stereocenters. The van der Waals surface area contributed by atoms with E-state index >= 15 is 0 Å². The Hall–Kier alpha value is -1.16. The molecule has 2 aliphatic rings. The van der Waals surface area contributed by atoms with Crippen LogP contribution in [0.5, 0.6) is 0 Å². The third-order valence-electron chi connectivity index (χ3n) is 4.92. The predicted octanol–water partition coefficient (Wildman–Crippen LogP) is 2.95. The second kappa shape index (κ2) is 7.40. The predicted molar refractivity (Wildman–Crippen MR) is 89.6 cm³/mol. The lowest BCUT2D eigenvalue weighted by Crippen LogP contribution is -2.54. The van der Waals surface area contributed by atoms with Gasteiger partial charge in [0.15, 0.2) is 0 Å². The van der Waals surface area contributed by atoms with Gasteiger partial charge in [-0.15, -0.1) is 0 Å². The van der Waals surface area contributed by atoms with Crippen LogP contribution in [0.25, 0.3) is 6.08 Å². The van der Waals surface area contributed by atoms with Crippen molar-refractivity contribution in [1.82, 2.24) is 4.90 Å². The third kappa shape index (κ3) is 3.78. The van der Waals surface area contributed by atoms with Crippen LogP contribution in [-0.2, 0) is 4.74 Å². The highest BCUT2D eigenvalue weighted by molar-refractivity contribution is 5.49. The van der Waals surface area contributed by atoms with Gasteiger partial charge in [-0.2, -0.15) is 0 Å². The molecule has 1 N–H and O–H groups in total. The quantitative estimate of drug-likeness (QED) is 0.907. The number of hydrogen-bond donors (Lipinski definition) is 1. The van der Waals surface area contributed by atoms with Gasteiger partial charge in [0, 0.05) is 12.6 Å². The summed E-state index contributed by atoms with van der Waals surface area (Å²) < 4.78 is 5.36. The molecule has 0 spiro atoms. The summed E-state index contributed by atoms with van der Waals surface area (Å²) in [5.74, 6) is 0. The van der Waals surface area contributed by atoms with Crippen molar-refractivity contribution in [3.05, 3.63) is 42.0 Å². The van der Waals surface area contributed by atoms with Crippen molar-refractivity contribution in [2.75, 3.05) is 32.9 Å². The molecule has 2 aliphatic heterocycles. The van der Waals surface area contributed by atoms with Gasteiger partial charge in [-0.05, 0) is 24.9 Å². The van der Waals surface area contributed by atoms with Gasteiger partial charge in [-0.25, -0.2) is 0 Å². The summed E-state index contributed by atoms with van der Waals surface area (Å²) in [4.78, 5) is 2.56. The summed E-state index contributed by atoms with van der Waals surface area (Å²) in [5.41, 5.74) is 1.24. The fourth-order valence-corrected chi connectivity index (χ4v) is 3.45. The van der Waals surface area contributed by atoms with Crippen molar-refractivity contribution in [2.45, 2.75) is 31.7 Å². The highest BCUT2D eigenvalue weighted by Crippen LogP contribution is 2.30. The van der Waals surface area contributed by atoms with Crippen molar-refractivity contribution in [1.29, 1.82) is 0 Å². The fourth-order valence-electron chi connectivity index (χ4n) is 3.45. The summed E-state index contributed by atoms with van der Waals surface area (Å²) in [5, 5.41) is 9.71. The monoisotopic (exact) mass is 301 g/mol. The molecule has 3 heteroatoms. The average molecular weight is 301 g/mol. The molecule has 3 rings (SSSR count). The molecule has 2 fully saturated rings. The summed E-state index contributed by atoms with van der Waals surface area (Å²) in [7, 11) is 0. The van der Waals surface area contributed by atoms with Crippen LogP contribution < -0.4 is 0 Å². The molecule has 22 heavy (non-hydrogen) atoms. The van der Waals surface area contributed by atoms with Crippen LogP contribution in [-0.4, -0.2) is 49.0 Å². The Morgan fingerprint density at radius 1 is 1.18 bits per heavy atom. The zero-order valence-electron chi connectivity index (χ0n) is 13.3. The number of hydrogen-bond acceptors (Lipinski definition) is 3. The number of nitrogens with zero attached hydrogens (tertiary/aromatic N) is 1. The molecule has 1 unspecified atom stereocenters. The van der Waals surface area contributed by atoms with E-state index in [9.17, 15) is 5.11 Å². The van der Waals surface area contributed by atoms with Crippen LogP contribution in [0.3, 0.4) is 0 Å². The van der Waals surface area contributed by atoms with Gasteiger partial charge >= 0.3 is 0 Å². The van der Waals surface area contributed by atoms with Crippen LogP contribution in [0, 0.1) is 5.41 Å². The molecule has 0 aromatic heterocycles. The lowest BCUT2D eigenvalue weighted by atomic mass is 9.85. The van der Waals surface area contributed by atoms with E-state index in [0.717, 1.165) is 13.1 Å². The van der Waals surface area contributed by atoms with Gasteiger partial charge in [0.2, 0.25) is 0 Å². The zero-order valence-corrected chi connectivity index (χ0v) is 13.3. The summed E-state index contributed by atoms with van der Waals surface area (Å²) in [6.45, 7) is 3.72. The lowest BCUT2D eigenvalue weighted by Gasteiger charge is -2.44. The molecule has 0 bridgehead atoms. The maximum Gasteiger partial charge on any atom is 0.0579 e. The van der Waals surface area contributed by atoms with E-state index in [1.165, 1.54) is 31.2 Å². The second-order valence-electron chi connectivity index (χ2n) is 6.81. The van der Waals surface area contributed by atoms with Crippen LogP contribution in [0.1, 0.15) is 31.2 Å². The first-order valence-electron chi connectivity index (χ1n) is 8.47. The Labute approximate surface area is 133 Å². The molecule has 1 aromatic rings. The molecule has 2 heterocycles. The van der Waals surface area contributed by atoms with Crippen molar-refractivity contribution >= 4 is 6.08 Å². The molecular weight excluding hydrogens is 274 g/mol. The Kier molecular flexibility index (Phi) is 5.29. The van der Waals surface area contributed by atoms with Crippen molar-refractivity contribution in [3.63, 3.8) is 0 Å². The van der Waals surface area contributed by atoms with Crippen molar-refractivity contribution in [2.24, 2.45) is 5.41 Å². The first kappa shape index (κ1) is 15.7. The highest BCUT2D eigenvalue weighted by atomic mass is 16.5. The van der Waals surface area contributed by atoms with Crippen LogP contribution in [0.2, 0.25) is 0 Å². The minimum atomic E-state index is -0.0246. The van der Waals surface area contributed by atoms with E-state index in [-0.39, 0.29) is 12.0 Å². The Morgan fingerprint density at radius 3 is 2.68 bits per heavy atom. The minimum Gasteiger partial charge on any atom is -0.396 e. The fraction of sp³-hybridized carbons (Fsp3) is 0.579. The number of ether oxygens (including phenoxy) is 1. The maximum atomic E-state index is 9.71. The van der Waals surface area contributed by atoms with Crippen LogP contribution >= 0.6 is 0 Å². The SMILES string of the molecule is OCC1(CN2CCCCCC2/C=C/c2ccccc2)COC1. The Morgan fingerprint density at radius 2 is 2.00 bits per heavy atom. The molecular formula is C19H27NO2. The van der Waals surface area contributed by atoms with Crippen molar-refractivity contribution < 1.29 is 9.84 Å². The Bertz CT molecular complexity index is 476. The first-order chi connectivity index (χ1) is 10.8. The first-order valence-corrected chi connectivity index (χ1v) is 8.47. The van der Waals surface area contributed by atoms with Crippen LogP contribution in [0.4, 0.5) is 0 Å². The summed E-state index contributed by atoms with van der Waals surface area (Å²) in [6.07, 6.45) is 9.68. The lowest BCUT2D eigenvalue weighted by molar-refractivity contribution is -0.150. The van der Waals surface area contributed by atoms with Crippen molar-refractivity contribution in [3.8, 4) is 0 Å². The van der Waals surface area contributed by atoms with Gasteiger partial charge in [-0.1, -0.05) is 55.3 Å². The van der Waals surface area contributed by atoms with E-state index < -0.39 is 0 Å². The second-order valence-corrected chi connectivity index (χ2v) is 6.81. The van der Waals surface area contributed by atoms with Gasteiger partial charge in [0.25, 0.3) is 0 Å². The van der Waals surface area contributed by atoms with Gasteiger partial charge in [0.05, 0.1) is 25.2 Å². The smallest absolute Gasteiger partial charge is 0.0579 e. The normalized spacial score (nSPS) is 25.8. The topological polar surface area (TPSA) is 32.7 Å². The summed E-state index contributed by atoms with van der Waals surface area (Å²) in [6, 6.07) is 11.0. The van der Waals surface area contributed by atoms with E-state index in [1.54, 1.807) is 0 Å². The van der Waals surface area contributed by atoms with E-state index in [1.807, 2.05) is 0 Å². The minimum absolute atomic E-state index is 0.0246. The maximum absolute atomic E-state index is 9.71. The molecule has 2 saturated heterocycles. The molecule has 120 valence electrons. The highest BCUT2D eigenvalue weighted by Gasteiger charge is 2.40. The average Bonchev–Trinajstić information content (AvgIpc) is 2.75. The van der Waals surface area contributed by atoms with E-state index in [2.05, 4.69) is 47.4 Å². The molecule has 0 saturated carbocycles. The molecule has 0 aliphatic carbocycles. The van der Waals surface area contributed by atoms with Gasteiger partial charge < -0.3 is 9.84 Å². The third-order valence-corrected chi connectivity index (χ3v) is 4.92. The van der Waals surface area contributed by atoms with Gasteiger partial charge in [-0.3, -0.25) is 4.90 Å². The zero-order chi connectivity index (χ0) is 15.3. The largest absolute Gasteiger partial charge is 0.396 e. The summed E-state index contributed by atoms with van der Waals surface area (Å²) >= 11 is 0. The number of benzene rings is 1. The van der Waals surface area contributed by atoms with Gasteiger partial charge in [0.1, 0.15) is 0 Å². The van der Waals surface area contributed by atoms with E-state index in [0.29, 0.717) is 19.3 Å². The number of rotatable bonds is 5. The number of likely N-dealkylation sites (tertiary alicyclic amines) is 1. The molecule has 0 radical (unpaired) electrons. The number of aliphatic hydroxyl groups excluding tert-OH is 1. The molecule has 3 nitrogen and oxygen atoms in total. The van der Waals surface area contributed by atoms with Crippen LogP contribution in [0.15, 0.2) is 36.4 Å². The standard InChI is InChI=1S/C19H27NO2/c21-14-19(15-22-16-19)13-20-12-6-2-5-9-18(20)11-10-17-7-3-1-4-8-17/h1,3-4,7-8,10-11,18,21H,2,5-6,9,12-16H2/b11-10+. The molecule has 1 aromatic carbocycles. The molecule has 0 amide bonds. The Balaban J connectivity index is 1.69. The van der Waals surface area contributed by atoms with E-state index in [4.69, 9.17) is 4.74 Å². The number of aliphatic hydroxyl groups is 1.